The van der Waals surface area contributed by atoms with Gasteiger partial charge in [0.1, 0.15) is 6.04 Å². The number of nitrogens with zero attached hydrogens (tertiary/aromatic N) is 1. The minimum atomic E-state index is -0.219. The Morgan fingerprint density at radius 2 is 1.83 bits per heavy atom. The van der Waals surface area contributed by atoms with Gasteiger partial charge in [0.2, 0.25) is 5.91 Å². The van der Waals surface area contributed by atoms with Crippen molar-refractivity contribution in [2.75, 3.05) is 11.4 Å². The first-order valence-corrected chi connectivity index (χ1v) is 8.61. The maximum Gasteiger partial charge on any atom is 0.245 e. The smallest absolute Gasteiger partial charge is 0.245 e. The van der Waals surface area contributed by atoms with Gasteiger partial charge in [0, 0.05) is 22.7 Å². The Bertz CT molecular complexity index is 660. The highest BCUT2D eigenvalue weighted by atomic mass is 79.9. The number of nitrogens with one attached hydrogen (secondary N) is 2. The predicted octanol–water partition coefficient (Wildman–Crippen LogP) is 3.41. The average molecular weight is 374 g/mol. The number of rotatable bonds is 4. The third-order valence-electron chi connectivity index (χ3n) is 4.12. The van der Waals surface area contributed by atoms with Crippen molar-refractivity contribution in [2.24, 2.45) is 0 Å². The van der Waals surface area contributed by atoms with Crippen LogP contribution in [0.1, 0.15) is 24.9 Å². The molecule has 1 aliphatic rings. The maximum atomic E-state index is 12.8. The molecular formula is C18H20BrN3O. The molecular weight excluding hydrogens is 354 g/mol. The summed E-state index contributed by atoms with van der Waals surface area (Å²) in [5.74, 6) is 0.103. The van der Waals surface area contributed by atoms with Crippen LogP contribution in [0.3, 0.4) is 0 Å². The number of hydrazine groups is 1. The Balaban J connectivity index is 1.70. The summed E-state index contributed by atoms with van der Waals surface area (Å²) < 4.78 is 1.06. The number of hydrogen-bond donors (Lipinski definition) is 2. The van der Waals surface area contributed by atoms with Gasteiger partial charge in [-0.05, 0) is 43.2 Å². The standard InChI is InChI=1S/C18H20BrN3O/c1-2-22(15-6-4-3-5-7-15)18(23)17-12-16(20-21-17)13-8-10-14(19)11-9-13/h3-11,16-17,20-21H,2,12H2,1H3. The Labute approximate surface area is 145 Å². The van der Waals surface area contributed by atoms with E-state index in [1.54, 1.807) is 0 Å². The van der Waals surface area contributed by atoms with Crippen LogP contribution in [0.15, 0.2) is 59.1 Å². The van der Waals surface area contributed by atoms with Gasteiger partial charge in [-0.3, -0.25) is 4.79 Å². The Hall–Kier alpha value is -1.69. The number of hydrogen-bond acceptors (Lipinski definition) is 3. The van der Waals surface area contributed by atoms with E-state index in [1.165, 1.54) is 5.56 Å². The maximum absolute atomic E-state index is 12.8. The van der Waals surface area contributed by atoms with E-state index in [2.05, 4.69) is 38.9 Å². The quantitative estimate of drug-likeness (QED) is 0.862. The van der Waals surface area contributed by atoms with E-state index < -0.39 is 0 Å². The van der Waals surface area contributed by atoms with Crippen molar-refractivity contribution >= 4 is 27.5 Å². The molecule has 1 amide bonds. The fourth-order valence-corrected chi connectivity index (χ4v) is 3.16. The van der Waals surface area contributed by atoms with E-state index in [0.29, 0.717) is 6.54 Å². The zero-order valence-electron chi connectivity index (χ0n) is 13.0. The molecule has 120 valence electrons. The van der Waals surface area contributed by atoms with Gasteiger partial charge < -0.3 is 4.90 Å². The van der Waals surface area contributed by atoms with Gasteiger partial charge >= 0.3 is 0 Å². The lowest BCUT2D eigenvalue weighted by molar-refractivity contribution is -0.120. The molecule has 23 heavy (non-hydrogen) atoms. The molecule has 5 heteroatoms. The summed E-state index contributed by atoms with van der Waals surface area (Å²) in [4.78, 5) is 14.6. The van der Waals surface area contributed by atoms with Crippen molar-refractivity contribution in [2.45, 2.75) is 25.4 Å². The van der Waals surface area contributed by atoms with E-state index in [-0.39, 0.29) is 18.0 Å². The molecule has 0 bridgehead atoms. The van der Waals surface area contributed by atoms with E-state index in [0.717, 1.165) is 16.6 Å². The second-order valence-electron chi connectivity index (χ2n) is 5.60. The van der Waals surface area contributed by atoms with Crippen molar-refractivity contribution in [3.8, 4) is 0 Å². The SMILES string of the molecule is CCN(C(=O)C1CC(c2ccc(Br)cc2)NN1)c1ccccc1. The number of benzene rings is 2. The molecule has 2 N–H and O–H groups in total. The van der Waals surface area contributed by atoms with Crippen LogP contribution in [0, 0.1) is 0 Å². The number of amides is 1. The van der Waals surface area contributed by atoms with Crippen LogP contribution in [0.4, 0.5) is 5.69 Å². The molecule has 2 atom stereocenters. The summed E-state index contributed by atoms with van der Waals surface area (Å²) in [6.07, 6.45) is 0.740. The lowest BCUT2D eigenvalue weighted by Crippen LogP contribution is -2.45. The third kappa shape index (κ3) is 3.63. The number of carbonyl (C=O) groups excluding carboxylic acids is 1. The van der Waals surface area contributed by atoms with Gasteiger partial charge in [-0.2, -0.15) is 0 Å². The Morgan fingerprint density at radius 1 is 1.13 bits per heavy atom. The first-order chi connectivity index (χ1) is 11.2. The molecule has 1 heterocycles. The minimum absolute atomic E-state index is 0.103. The molecule has 2 unspecified atom stereocenters. The largest absolute Gasteiger partial charge is 0.311 e. The van der Waals surface area contributed by atoms with Crippen molar-refractivity contribution in [3.05, 3.63) is 64.6 Å². The molecule has 1 aliphatic heterocycles. The number of carbonyl (C=O) groups is 1. The number of anilines is 1. The highest BCUT2D eigenvalue weighted by Gasteiger charge is 2.32. The van der Waals surface area contributed by atoms with Gasteiger partial charge in [-0.25, -0.2) is 10.9 Å². The molecule has 0 saturated carbocycles. The molecule has 3 rings (SSSR count). The second kappa shape index (κ2) is 7.25. The molecule has 2 aromatic rings. The van der Waals surface area contributed by atoms with Gasteiger partial charge in [0.15, 0.2) is 0 Å². The predicted molar refractivity (Wildman–Crippen MR) is 96.0 cm³/mol. The highest BCUT2D eigenvalue weighted by Crippen LogP contribution is 2.25. The molecule has 0 spiro atoms. The van der Waals surface area contributed by atoms with Gasteiger partial charge in [-0.15, -0.1) is 0 Å². The van der Waals surface area contributed by atoms with Gasteiger partial charge in [0.05, 0.1) is 0 Å². The third-order valence-corrected chi connectivity index (χ3v) is 4.65. The molecule has 1 fully saturated rings. The van der Waals surface area contributed by atoms with E-state index in [9.17, 15) is 4.79 Å². The molecule has 0 aliphatic carbocycles. The first-order valence-electron chi connectivity index (χ1n) is 7.82. The summed E-state index contributed by atoms with van der Waals surface area (Å²) in [5, 5.41) is 0. The molecule has 1 saturated heterocycles. The number of halogens is 1. The van der Waals surface area contributed by atoms with Gasteiger partial charge in [0.25, 0.3) is 0 Å². The lowest BCUT2D eigenvalue weighted by atomic mass is 10.0. The average Bonchev–Trinajstić information content (AvgIpc) is 3.07. The summed E-state index contributed by atoms with van der Waals surface area (Å²) in [6.45, 7) is 2.66. The van der Waals surface area contributed by atoms with Crippen LogP contribution in [0.25, 0.3) is 0 Å². The van der Waals surface area contributed by atoms with E-state index >= 15 is 0 Å². The summed E-state index contributed by atoms with van der Waals surface area (Å²) in [6, 6.07) is 17.9. The van der Waals surface area contributed by atoms with E-state index in [1.807, 2.05) is 54.3 Å². The first kappa shape index (κ1) is 16.2. The Morgan fingerprint density at radius 3 is 2.48 bits per heavy atom. The van der Waals surface area contributed by atoms with Crippen molar-refractivity contribution < 1.29 is 4.79 Å². The van der Waals surface area contributed by atoms with Crippen LogP contribution < -0.4 is 15.8 Å². The van der Waals surface area contributed by atoms with Crippen LogP contribution in [0.2, 0.25) is 0 Å². The fraction of sp³-hybridized carbons (Fsp3) is 0.278. The minimum Gasteiger partial charge on any atom is -0.311 e. The second-order valence-corrected chi connectivity index (χ2v) is 6.51. The molecule has 4 nitrogen and oxygen atoms in total. The summed E-state index contributed by atoms with van der Waals surface area (Å²) >= 11 is 3.45. The fourth-order valence-electron chi connectivity index (χ4n) is 2.89. The normalized spacial score (nSPS) is 20.4. The van der Waals surface area contributed by atoms with Crippen LogP contribution in [-0.2, 0) is 4.79 Å². The molecule has 0 aromatic heterocycles. The summed E-state index contributed by atoms with van der Waals surface area (Å²) in [5.41, 5.74) is 8.51. The summed E-state index contributed by atoms with van der Waals surface area (Å²) in [7, 11) is 0. The monoisotopic (exact) mass is 373 g/mol. The van der Waals surface area contributed by atoms with Crippen molar-refractivity contribution in [1.29, 1.82) is 0 Å². The topological polar surface area (TPSA) is 44.4 Å². The van der Waals surface area contributed by atoms with Crippen LogP contribution >= 0.6 is 15.9 Å². The zero-order valence-corrected chi connectivity index (χ0v) is 14.6. The molecule has 0 radical (unpaired) electrons. The lowest BCUT2D eigenvalue weighted by Gasteiger charge is -2.24. The number of para-hydroxylation sites is 1. The highest BCUT2D eigenvalue weighted by molar-refractivity contribution is 9.10. The van der Waals surface area contributed by atoms with Crippen molar-refractivity contribution in [3.63, 3.8) is 0 Å². The van der Waals surface area contributed by atoms with E-state index in [4.69, 9.17) is 0 Å². The zero-order chi connectivity index (χ0) is 16.2. The van der Waals surface area contributed by atoms with Crippen LogP contribution in [0.5, 0.6) is 0 Å². The molecule has 2 aromatic carbocycles. The van der Waals surface area contributed by atoms with Gasteiger partial charge in [-0.1, -0.05) is 46.3 Å². The number of likely N-dealkylation sites (N-methyl/N-ethyl adjacent to an activating group) is 1. The Kier molecular flexibility index (Phi) is 5.10. The van der Waals surface area contributed by atoms with Crippen LogP contribution in [-0.4, -0.2) is 18.5 Å². The van der Waals surface area contributed by atoms with Crippen molar-refractivity contribution in [1.82, 2.24) is 10.9 Å².